The fraction of sp³-hybridized carbons (Fsp3) is 0.417. The SMILES string of the molecule is CCCC(C1CCCCC1)n1c(=O)[nH]c(=O)c2nc(-c3ccc(/C=C/C(=O)O)cc3)[nH]c21. The highest BCUT2D eigenvalue weighted by Crippen LogP contribution is 2.36. The molecule has 0 amide bonds. The molecule has 0 saturated heterocycles. The molecule has 8 heteroatoms. The minimum Gasteiger partial charge on any atom is -0.478 e. The van der Waals surface area contributed by atoms with Gasteiger partial charge in [0.25, 0.3) is 5.56 Å². The second kappa shape index (κ2) is 9.38. The maximum atomic E-state index is 12.9. The first kappa shape index (κ1) is 21.8. The Kier molecular flexibility index (Phi) is 6.39. The third-order valence-electron chi connectivity index (χ3n) is 6.29. The van der Waals surface area contributed by atoms with E-state index in [1.54, 1.807) is 28.8 Å². The van der Waals surface area contributed by atoms with Gasteiger partial charge in [0.2, 0.25) is 0 Å². The average molecular weight is 437 g/mol. The average Bonchev–Trinajstić information content (AvgIpc) is 3.24. The molecule has 3 aromatic rings. The molecular formula is C24H28N4O4. The van der Waals surface area contributed by atoms with Crippen LogP contribution >= 0.6 is 0 Å². The van der Waals surface area contributed by atoms with Gasteiger partial charge in [-0.05, 0) is 36.8 Å². The van der Waals surface area contributed by atoms with Crippen LogP contribution in [0.5, 0.6) is 0 Å². The van der Waals surface area contributed by atoms with Crippen molar-refractivity contribution in [1.82, 2.24) is 19.5 Å². The highest BCUT2D eigenvalue weighted by Gasteiger charge is 2.28. The number of carbonyl (C=O) groups is 1. The Bertz CT molecular complexity index is 1240. The van der Waals surface area contributed by atoms with Crippen LogP contribution in [-0.2, 0) is 4.79 Å². The molecule has 1 aliphatic carbocycles. The summed E-state index contributed by atoms with van der Waals surface area (Å²) in [5, 5.41) is 8.78. The number of imidazole rings is 1. The van der Waals surface area contributed by atoms with Gasteiger partial charge in [0.1, 0.15) is 11.5 Å². The van der Waals surface area contributed by atoms with Crippen LogP contribution in [0.25, 0.3) is 28.6 Å². The fourth-order valence-electron chi connectivity index (χ4n) is 4.78. The van der Waals surface area contributed by atoms with Gasteiger partial charge in [0.05, 0.1) is 0 Å². The topological polar surface area (TPSA) is 121 Å². The van der Waals surface area contributed by atoms with E-state index in [-0.39, 0.29) is 11.6 Å². The first-order valence-corrected chi connectivity index (χ1v) is 11.2. The molecule has 2 heterocycles. The number of aliphatic carboxylic acids is 1. The third-order valence-corrected chi connectivity index (χ3v) is 6.29. The van der Waals surface area contributed by atoms with E-state index in [1.807, 2.05) is 0 Å². The second-order valence-corrected chi connectivity index (χ2v) is 8.46. The molecule has 0 aliphatic heterocycles. The molecule has 3 N–H and O–H groups in total. The number of benzene rings is 1. The van der Waals surface area contributed by atoms with Crippen LogP contribution in [0.2, 0.25) is 0 Å². The first-order valence-electron chi connectivity index (χ1n) is 11.2. The van der Waals surface area contributed by atoms with Crippen molar-refractivity contribution in [3.63, 3.8) is 0 Å². The van der Waals surface area contributed by atoms with Gasteiger partial charge in [-0.3, -0.25) is 14.3 Å². The predicted molar refractivity (Wildman–Crippen MR) is 124 cm³/mol. The highest BCUT2D eigenvalue weighted by atomic mass is 16.4. The van der Waals surface area contributed by atoms with Crippen LogP contribution in [0.15, 0.2) is 39.9 Å². The Hall–Kier alpha value is -3.42. The Balaban J connectivity index is 1.78. The number of H-pyrrole nitrogens is 2. The van der Waals surface area contributed by atoms with Gasteiger partial charge in [0, 0.05) is 17.7 Å². The van der Waals surface area contributed by atoms with E-state index < -0.39 is 17.2 Å². The standard InChI is InChI=1S/C24H28N4O4/c1-2-6-18(16-7-4-3-5-8-16)28-22-20(23(31)27-24(28)32)25-21(26-22)17-12-9-15(10-13-17)11-14-19(29)30/h9-14,16,18H,2-8H2,1H3,(H,25,26)(H,29,30)(H,27,31,32)/b14-11+. The van der Waals surface area contributed by atoms with Crippen molar-refractivity contribution < 1.29 is 9.90 Å². The number of hydrogen-bond acceptors (Lipinski definition) is 4. The van der Waals surface area contributed by atoms with Gasteiger partial charge in [0.15, 0.2) is 5.52 Å². The quantitative estimate of drug-likeness (QED) is 0.482. The molecule has 4 rings (SSSR count). The Labute approximate surface area is 185 Å². The van der Waals surface area contributed by atoms with Crippen LogP contribution in [0.1, 0.15) is 63.5 Å². The monoisotopic (exact) mass is 436 g/mol. The summed E-state index contributed by atoms with van der Waals surface area (Å²) in [5.74, 6) is -0.108. The summed E-state index contributed by atoms with van der Waals surface area (Å²) in [6.07, 6.45) is 10.1. The van der Waals surface area contributed by atoms with E-state index >= 15 is 0 Å². The van der Waals surface area contributed by atoms with E-state index in [0.29, 0.717) is 17.4 Å². The summed E-state index contributed by atoms with van der Waals surface area (Å²) < 4.78 is 1.72. The summed E-state index contributed by atoms with van der Waals surface area (Å²) >= 11 is 0. The third kappa shape index (κ3) is 4.44. The number of nitrogens with zero attached hydrogens (tertiary/aromatic N) is 2. The molecule has 32 heavy (non-hydrogen) atoms. The van der Waals surface area contributed by atoms with E-state index in [0.717, 1.165) is 42.9 Å². The van der Waals surface area contributed by atoms with Crippen LogP contribution < -0.4 is 11.2 Å². The summed E-state index contributed by atoms with van der Waals surface area (Å²) in [6.45, 7) is 2.11. The van der Waals surface area contributed by atoms with Crippen LogP contribution in [0.3, 0.4) is 0 Å². The number of nitrogens with one attached hydrogen (secondary N) is 2. The molecule has 1 aliphatic rings. The Morgan fingerprint density at radius 1 is 1.19 bits per heavy atom. The molecule has 0 spiro atoms. The van der Waals surface area contributed by atoms with Gasteiger partial charge in [-0.2, -0.15) is 0 Å². The lowest BCUT2D eigenvalue weighted by Crippen LogP contribution is -2.36. The largest absolute Gasteiger partial charge is 0.478 e. The normalized spacial score (nSPS) is 16.0. The van der Waals surface area contributed by atoms with Crippen molar-refractivity contribution >= 4 is 23.2 Å². The van der Waals surface area contributed by atoms with Crippen molar-refractivity contribution in [2.24, 2.45) is 5.92 Å². The summed E-state index contributed by atoms with van der Waals surface area (Å²) in [4.78, 5) is 46.4. The Morgan fingerprint density at radius 2 is 1.91 bits per heavy atom. The van der Waals surface area contributed by atoms with Gasteiger partial charge < -0.3 is 10.1 Å². The number of rotatable bonds is 7. The van der Waals surface area contributed by atoms with Crippen molar-refractivity contribution in [2.75, 3.05) is 0 Å². The molecular weight excluding hydrogens is 408 g/mol. The molecule has 1 aromatic carbocycles. The van der Waals surface area contributed by atoms with Gasteiger partial charge in [-0.1, -0.05) is 56.9 Å². The van der Waals surface area contributed by atoms with Gasteiger partial charge >= 0.3 is 11.7 Å². The number of carboxylic acid groups (broad SMARTS) is 1. The van der Waals surface area contributed by atoms with E-state index in [4.69, 9.17) is 5.11 Å². The smallest absolute Gasteiger partial charge is 0.330 e. The molecule has 2 aromatic heterocycles. The summed E-state index contributed by atoms with van der Waals surface area (Å²) in [6, 6.07) is 7.19. The van der Waals surface area contributed by atoms with Crippen LogP contribution in [-0.4, -0.2) is 30.6 Å². The first-order chi connectivity index (χ1) is 15.5. The zero-order valence-corrected chi connectivity index (χ0v) is 18.1. The number of aromatic nitrogens is 4. The minimum absolute atomic E-state index is 0.0176. The van der Waals surface area contributed by atoms with Crippen molar-refractivity contribution in [2.45, 2.75) is 57.9 Å². The van der Waals surface area contributed by atoms with Crippen molar-refractivity contribution in [3.8, 4) is 11.4 Å². The molecule has 8 nitrogen and oxygen atoms in total. The molecule has 1 fully saturated rings. The molecule has 0 bridgehead atoms. The summed E-state index contributed by atoms with van der Waals surface area (Å²) in [5.41, 5.74) is 1.29. The maximum absolute atomic E-state index is 12.9. The van der Waals surface area contributed by atoms with E-state index in [1.165, 1.54) is 25.3 Å². The predicted octanol–water partition coefficient (Wildman–Crippen LogP) is 4.10. The number of carboxylic acids is 1. The highest BCUT2D eigenvalue weighted by molar-refractivity contribution is 5.85. The molecule has 1 saturated carbocycles. The molecule has 168 valence electrons. The zero-order valence-electron chi connectivity index (χ0n) is 18.1. The number of aromatic amines is 2. The van der Waals surface area contributed by atoms with Gasteiger partial charge in [-0.15, -0.1) is 0 Å². The van der Waals surface area contributed by atoms with E-state index in [2.05, 4.69) is 21.9 Å². The van der Waals surface area contributed by atoms with Gasteiger partial charge in [-0.25, -0.2) is 14.6 Å². The molecule has 1 atom stereocenters. The van der Waals surface area contributed by atoms with Crippen LogP contribution in [0, 0.1) is 5.92 Å². The summed E-state index contributed by atoms with van der Waals surface area (Å²) in [7, 11) is 0. The van der Waals surface area contributed by atoms with Crippen molar-refractivity contribution in [1.29, 1.82) is 0 Å². The number of fused-ring (bicyclic) bond motifs is 1. The van der Waals surface area contributed by atoms with E-state index in [9.17, 15) is 14.4 Å². The molecule has 1 unspecified atom stereocenters. The minimum atomic E-state index is -1.01. The number of hydrogen-bond donors (Lipinski definition) is 3. The van der Waals surface area contributed by atoms with Crippen molar-refractivity contribution in [3.05, 3.63) is 56.7 Å². The maximum Gasteiger partial charge on any atom is 0.330 e. The second-order valence-electron chi connectivity index (χ2n) is 8.46. The fourth-order valence-corrected chi connectivity index (χ4v) is 4.78. The van der Waals surface area contributed by atoms with Crippen LogP contribution in [0.4, 0.5) is 0 Å². The Morgan fingerprint density at radius 3 is 2.56 bits per heavy atom. The molecule has 0 radical (unpaired) electrons. The lowest BCUT2D eigenvalue weighted by molar-refractivity contribution is -0.131. The lowest BCUT2D eigenvalue weighted by Gasteiger charge is -2.31. The zero-order chi connectivity index (χ0) is 22.7. The lowest BCUT2D eigenvalue weighted by atomic mass is 9.82.